The Morgan fingerprint density at radius 1 is 1.18 bits per heavy atom. The Kier molecular flexibility index (Phi) is 2.63. The van der Waals surface area contributed by atoms with Gasteiger partial charge < -0.3 is 0 Å². The molecule has 0 amide bonds. The number of hydrogen-bond donors (Lipinski definition) is 0. The first kappa shape index (κ1) is 11.1. The van der Waals surface area contributed by atoms with E-state index in [2.05, 4.69) is 50.2 Å². The molecule has 0 aromatic heterocycles. The first-order valence-electron chi connectivity index (χ1n) is 6.31. The van der Waals surface area contributed by atoms with Crippen LogP contribution in [0.4, 0.5) is 0 Å². The Morgan fingerprint density at radius 2 is 1.88 bits per heavy atom. The molecule has 2 aromatic rings. The summed E-state index contributed by atoms with van der Waals surface area (Å²) in [6, 6.07) is 12.9. The highest BCUT2D eigenvalue weighted by molar-refractivity contribution is 6.22. The number of hydrogen-bond acceptors (Lipinski definition) is 0. The SMILES string of the molecule is Cc1ccc2ccccc2c1C(Cl)C1CC1C. The lowest BCUT2D eigenvalue weighted by molar-refractivity contribution is 0.723. The Labute approximate surface area is 108 Å². The number of halogens is 1. The van der Waals surface area contributed by atoms with Crippen molar-refractivity contribution in [3.05, 3.63) is 47.5 Å². The van der Waals surface area contributed by atoms with E-state index < -0.39 is 0 Å². The molecule has 17 heavy (non-hydrogen) atoms. The summed E-state index contributed by atoms with van der Waals surface area (Å²) in [5.41, 5.74) is 2.67. The highest BCUT2D eigenvalue weighted by atomic mass is 35.5. The second kappa shape index (κ2) is 4.03. The van der Waals surface area contributed by atoms with E-state index in [0.717, 1.165) is 5.92 Å². The number of fused-ring (bicyclic) bond motifs is 1. The fourth-order valence-electron chi connectivity index (χ4n) is 2.74. The molecular formula is C16H17Cl. The van der Waals surface area contributed by atoms with E-state index in [4.69, 9.17) is 11.6 Å². The van der Waals surface area contributed by atoms with Crippen LogP contribution in [-0.2, 0) is 0 Å². The van der Waals surface area contributed by atoms with Crippen LogP contribution in [0.2, 0.25) is 0 Å². The molecule has 0 radical (unpaired) electrons. The summed E-state index contributed by atoms with van der Waals surface area (Å²) in [4.78, 5) is 0. The van der Waals surface area contributed by atoms with Crippen molar-refractivity contribution in [2.75, 3.05) is 0 Å². The van der Waals surface area contributed by atoms with Crippen LogP contribution in [0.15, 0.2) is 36.4 Å². The van der Waals surface area contributed by atoms with Crippen molar-refractivity contribution >= 4 is 22.4 Å². The second-order valence-corrected chi connectivity index (χ2v) is 5.77. The normalized spacial score (nSPS) is 24.9. The monoisotopic (exact) mass is 244 g/mol. The van der Waals surface area contributed by atoms with Crippen molar-refractivity contribution in [1.29, 1.82) is 0 Å². The second-order valence-electron chi connectivity index (χ2n) is 5.30. The van der Waals surface area contributed by atoms with Gasteiger partial charge in [-0.15, -0.1) is 11.6 Å². The van der Waals surface area contributed by atoms with E-state index >= 15 is 0 Å². The minimum atomic E-state index is 0.177. The molecule has 0 aliphatic heterocycles. The number of alkyl halides is 1. The van der Waals surface area contributed by atoms with Crippen molar-refractivity contribution in [2.24, 2.45) is 11.8 Å². The van der Waals surface area contributed by atoms with Crippen LogP contribution < -0.4 is 0 Å². The molecule has 88 valence electrons. The molecule has 0 heterocycles. The largest absolute Gasteiger partial charge is 0.117 e. The van der Waals surface area contributed by atoms with E-state index in [1.54, 1.807) is 0 Å². The average Bonchev–Trinajstić information content (AvgIpc) is 3.06. The van der Waals surface area contributed by atoms with Gasteiger partial charge in [-0.25, -0.2) is 0 Å². The molecule has 2 aromatic carbocycles. The Morgan fingerprint density at radius 3 is 2.59 bits per heavy atom. The molecule has 1 heteroatoms. The van der Waals surface area contributed by atoms with Gasteiger partial charge in [0.25, 0.3) is 0 Å². The first-order valence-corrected chi connectivity index (χ1v) is 6.74. The summed E-state index contributed by atoms with van der Waals surface area (Å²) in [5, 5.41) is 2.80. The lowest BCUT2D eigenvalue weighted by Crippen LogP contribution is -1.99. The fraction of sp³-hybridized carbons (Fsp3) is 0.375. The molecule has 1 fully saturated rings. The zero-order chi connectivity index (χ0) is 12.0. The Bertz CT molecular complexity index is 558. The maximum absolute atomic E-state index is 6.68. The third kappa shape index (κ3) is 1.85. The summed E-state index contributed by atoms with van der Waals surface area (Å²) in [6.45, 7) is 4.46. The van der Waals surface area contributed by atoms with E-state index in [1.165, 1.54) is 28.3 Å². The van der Waals surface area contributed by atoms with Gasteiger partial charge in [-0.2, -0.15) is 0 Å². The third-order valence-corrected chi connectivity index (χ3v) is 4.55. The van der Waals surface area contributed by atoms with Crippen LogP contribution in [-0.4, -0.2) is 0 Å². The summed E-state index contributed by atoms with van der Waals surface area (Å²) in [6.07, 6.45) is 1.27. The molecule has 0 spiro atoms. The molecule has 1 aliphatic rings. The van der Waals surface area contributed by atoms with Crippen LogP contribution in [0.1, 0.15) is 29.8 Å². The van der Waals surface area contributed by atoms with Gasteiger partial charge in [0.2, 0.25) is 0 Å². The van der Waals surface area contributed by atoms with Crippen molar-refractivity contribution < 1.29 is 0 Å². The van der Waals surface area contributed by atoms with E-state index in [0.29, 0.717) is 5.92 Å². The number of benzene rings is 2. The molecular weight excluding hydrogens is 228 g/mol. The van der Waals surface area contributed by atoms with Crippen LogP contribution in [0.3, 0.4) is 0 Å². The van der Waals surface area contributed by atoms with Crippen molar-refractivity contribution in [1.82, 2.24) is 0 Å². The quantitative estimate of drug-likeness (QED) is 0.646. The predicted octanol–water partition coefficient (Wildman–Crippen LogP) is 5.08. The van der Waals surface area contributed by atoms with Crippen LogP contribution in [0.5, 0.6) is 0 Å². The van der Waals surface area contributed by atoms with E-state index in [9.17, 15) is 0 Å². The summed E-state index contributed by atoms with van der Waals surface area (Å²) >= 11 is 6.68. The first-order chi connectivity index (χ1) is 8.18. The Balaban J connectivity index is 2.16. The molecule has 3 rings (SSSR count). The third-order valence-electron chi connectivity index (χ3n) is 4.01. The molecule has 1 saturated carbocycles. The molecule has 3 atom stereocenters. The fourth-order valence-corrected chi connectivity index (χ4v) is 3.38. The van der Waals surface area contributed by atoms with Gasteiger partial charge >= 0.3 is 0 Å². The van der Waals surface area contributed by atoms with Crippen molar-refractivity contribution in [3.63, 3.8) is 0 Å². The highest BCUT2D eigenvalue weighted by Gasteiger charge is 2.40. The van der Waals surface area contributed by atoms with Crippen LogP contribution >= 0.6 is 11.6 Å². The molecule has 3 unspecified atom stereocenters. The lowest BCUT2D eigenvalue weighted by Gasteiger charge is -2.15. The van der Waals surface area contributed by atoms with E-state index in [-0.39, 0.29) is 5.38 Å². The summed E-state index contributed by atoms with van der Waals surface area (Å²) in [5.74, 6) is 1.46. The van der Waals surface area contributed by atoms with Gasteiger partial charge in [0.15, 0.2) is 0 Å². The summed E-state index contributed by atoms with van der Waals surface area (Å²) in [7, 11) is 0. The number of rotatable bonds is 2. The maximum Gasteiger partial charge on any atom is 0.0624 e. The van der Waals surface area contributed by atoms with Gasteiger partial charge in [0.05, 0.1) is 5.38 Å². The molecule has 0 saturated heterocycles. The van der Waals surface area contributed by atoms with Crippen molar-refractivity contribution in [3.8, 4) is 0 Å². The zero-order valence-corrected chi connectivity index (χ0v) is 11.0. The zero-order valence-electron chi connectivity index (χ0n) is 10.3. The van der Waals surface area contributed by atoms with E-state index in [1.807, 2.05) is 0 Å². The van der Waals surface area contributed by atoms with Crippen LogP contribution in [0.25, 0.3) is 10.8 Å². The number of aryl methyl sites for hydroxylation is 1. The molecule has 0 N–H and O–H groups in total. The standard InChI is InChI=1S/C16H17Cl/c1-10-7-8-12-5-3-4-6-13(12)15(10)16(17)14-9-11(14)2/h3-8,11,14,16H,9H2,1-2H3. The van der Waals surface area contributed by atoms with Gasteiger partial charge in [-0.1, -0.05) is 43.3 Å². The lowest BCUT2D eigenvalue weighted by atomic mass is 9.95. The predicted molar refractivity (Wildman–Crippen MR) is 74.6 cm³/mol. The summed E-state index contributed by atoms with van der Waals surface area (Å²) < 4.78 is 0. The molecule has 0 bridgehead atoms. The molecule has 1 aliphatic carbocycles. The van der Waals surface area contributed by atoms with Gasteiger partial charge in [0.1, 0.15) is 0 Å². The Hall–Kier alpha value is -1.01. The minimum Gasteiger partial charge on any atom is -0.117 e. The smallest absolute Gasteiger partial charge is 0.0624 e. The maximum atomic E-state index is 6.68. The molecule has 0 nitrogen and oxygen atoms in total. The van der Waals surface area contributed by atoms with Crippen molar-refractivity contribution in [2.45, 2.75) is 25.6 Å². The topological polar surface area (TPSA) is 0 Å². The highest BCUT2D eigenvalue weighted by Crippen LogP contribution is 2.51. The average molecular weight is 245 g/mol. The van der Waals surface area contributed by atoms with Gasteiger partial charge in [0, 0.05) is 0 Å². The van der Waals surface area contributed by atoms with Gasteiger partial charge in [-0.05, 0) is 47.1 Å². The van der Waals surface area contributed by atoms with Crippen LogP contribution in [0, 0.1) is 18.8 Å². The minimum absolute atomic E-state index is 0.177. The van der Waals surface area contributed by atoms with Gasteiger partial charge in [-0.3, -0.25) is 0 Å².